The van der Waals surface area contributed by atoms with Crippen molar-refractivity contribution >= 4 is 39.1 Å². The summed E-state index contributed by atoms with van der Waals surface area (Å²) in [4.78, 5) is 12.8. The standard InChI is InChI=1S/C20H22Cl2N2O3S/c1-14(18-4-2-3-5-19(18)22)23-20(25)15-10-12-24(13-11-15)28(26,27)17-8-6-16(21)7-9-17/h2-9,14-15H,10-13H2,1H3,(H,23,25). The van der Waals surface area contributed by atoms with Crippen molar-refractivity contribution in [3.05, 3.63) is 64.1 Å². The minimum Gasteiger partial charge on any atom is -0.349 e. The van der Waals surface area contributed by atoms with Crippen molar-refractivity contribution in [3.63, 3.8) is 0 Å². The Bertz CT molecular complexity index is 940. The third-order valence-corrected chi connectivity index (χ3v) is 7.52. The van der Waals surface area contributed by atoms with Crippen LogP contribution in [-0.4, -0.2) is 31.7 Å². The van der Waals surface area contributed by atoms with E-state index in [-0.39, 0.29) is 22.8 Å². The summed E-state index contributed by atoms with van der Waals surface area (Å²) in [5.74, 6) is -0.294. The minimum absolute atomic E-state index is 0.0732. The lowest BCUT2D eigenvalue weighted by Gasteiger charge is -2.31. The molecule has 8 heteroatoms. The summed E-state index contributed by atoms with van der Waals surface area (Å²) in [7, 11) is -3.57. The number of sulfonamides is 1. The Morgan fingerprint density at radius 3 is 2.29 bits per heavy atom. The summed E-state index contributed by atoms with van der Waals surface area (Å²) in [6.07, 6.45) is 0.960. The number of halogens is 2. The smallest absolute Gasteiger partial charge is 0.243 e. The van der Waals surface area contributed by atoms with Crippen molar-refractivity contribution in [3.8, 4) is 0 Å². The maximum absolute atomic E-state index is 12.7. The number of nitrogens with one attached hydrogen (secondary N) is 1. The quantitative estimate of drug-likeness (QED) is 0.754. The summed E-state index contributed by atoms with van der Waals surface area (Å²) >= 11 is 12.0. The first-order chi connectivity index (χ1) is 13.3. The van der Waals surface area contributed by atoms with Gasteiger partial charge in [-0.05, 0) is 55.7 Å². The Labute approximate surface area is 175 Å². The monoisotopic (exact) mass is 440 g/mol. The van der Waals surface area contributed by atoms with Gasteiger partial charge in [-0.1, -0.05) is 41.4 Å². The first kappa shape index (κ1) is 21.1. The van der Waals surface area contributed by atoms with Crippen LogP contribution in [0.4, 0.5) is 0 Å². The summed E-state index contributed by atoms with van der Waals surface area (Å²) in [5, 5.41) is 4.09. The van der Waals surface area contributed by atoms with Crippen molar-refractivity contribution in [2.24, 2.45) is 5.92 Å². The average Bonchev–Trinajstić information content (AvgIpc) is 2.68. The highest BCUT2D eigenvalue weighted by atomic mass is 35.5. The number of rotatable bonds is 5. The molecule has 0 aromatic heterocycles. The Kier molecular flexibility index (Phi) is 6.65. The first-order valence-electron chi connectivity index (χ1n) is 9.09. The topological polar surface area (TPSA) is 66.5 Å². The van der Waals surface area contributed by atoms with E-state index < -0.39 is 10.0 Å². The lowest BCUT2D eigenvalue weighted by Crippen LogP contribution is -2.43. The van der Waals surface area contributed by atoms with Gasteiger partial charge in [0.25, 0.3) is 0 Å². The molecule has 0 aliphatic carbocycles. The van der Waals surface area contributed by atoms with Crippen LogP contribution in [0.2, 0.25) is 10.0 Å². The molecule has 3 rings (SSSR count). The molecule has 1 heterocycles. The molecular formula is C20H22Cl2N2O3S. The van der Waals surface area contributed by atoms with E-state index >= 15 is 0 Å². The molecule has 2 aromatic carbocycles. The number of amides is 1. The molecule has 5 nitrogen and oxygen atoms in total. The fraction of sp³-hybridized carbons (Fsp3) is 0.350. The Hall–Kier alpha value is -1.60. The van der Waals surface area contributed by atoms with Crippen molar-refractivity contribution < 1.29 is 13.2 Å². The highest BCUT2D eigenvalue weighted by molar-refractivity contribution is 7.89. The van der Waals surface area contributed by atoms with E-state index in [2.05, 4.69) is 5.32 Å². The minimum atomic E-state index is -3.57. The van der Waals surface area contributed by atoms with E-state index in [4.69, 9.17) is 23.2 Å². The summed E-state index contributed by atoms with van der Waals surface area (Å²) in [6.45, 7) is 2.51. The molecule has 1 aliphatic heterocycles. The Morgan fingerprint density at radius 2 is 1.68 bits per heavy atom. The molecule has 0 spiro atoms. The molecule has 28 heavy (non-hydrogen) atoms. The molecule has 0 saturated carbocycles. The molecule has 0 radical (unpaired) electrons. The second-order valence-corrected chi connectivity index (χ2v) is 9.67. The number of nitrogens with zero attached hydrogens (tertiary/aromatic N) is 1. The van der Waals surface area contributed by atoms with Crippen molar-refractivity contribution in [1.29, 1.82) is 0 Å². The zero-order valence-electron chi connectivity index (χ0n) is 15.4. The van der Waals surface area contributed by atoms with Crippen LogP contribution in [0.3, 0.4) is 0 Å². The van der Waals surface area contributed by atoms with Crippen molar-refractivity contribution in [1.82, 2.24) is 9.62 Å². The van der Waals surface area contributed by atoms with Gasteiger partial charge in [-0.3, -0.25) is 4.79 Å². The van der Waals surface area contributed by atoms with Gasteiger partial charge < -0.3 is 5.32 Å². The third kappa shape index (κ3) is 4.69. The third-order valence-electron chi connectivity index (χ3n) is 5.01. The van der Waals surface area contributed by atoms with E-state index in [0.717, 1.165) is 5.56 Å². The molecular weight excluding hydrogens is 419 g/mol. The molecule has 1 atom stereocenters. The van der Waals surface area contributed by atoms with Gasteiger partial charge in [-0.15, -0.1) is 0 Å². The number of hydrogen-bond acceptors (Lipinski definition) is 3. The van der Waals surface area contributed by atoms with E-state index in [1.165, 1.54) is 16.4 Å². The SMILES string of the molecule is CC(NC(=O)C1CCN(S(=O)(=O)c2ccc(Cl)cc2)CC1)c1ccccc1Cl. The van der Waals surface area contributed by atoms with Crippen LogP contribution in [0, 0.1) is 5.92 Å². The normalized spacial score (nSPS) is 17.2. The number of carbonyl (C=O) groups excluding carboxylic acids is 1. The molecule has 1 fully saturated rings. The highest BCUT2D eigenvalue weighted by Gasteiger charge is 2.32. The van der Waals surface area contributed by atoms with E-state index in [9.17, 15) is 13.2 Å². The second kappa shape index (κ2) is 8.82. The maximum atomic E-state index is 12.7. The van der Waals surface area contributed by atoms with Gasteiger partial charge in [0.05, 0.1) is 10.9 Å². The summed E-state index contributed by atoms with van der Waals surface area (Å²) in [6, 6.07) is 13.3. The lowest BCUT2D eigenvalue weighted by atomic mass is 9.96. The molecule has 1 saturated heterocycles. The van der Waals surface area contributed by atoms with E-state index in [1.54, 1.807) is 18.2 Å². The van der Waals surface area contributed by atoms with E-state index in [0.29, 0.717) is 36.0 Å². The van der Waals surface area contributed by atoms with Crippen LogP contribution in [0.15, 0.2) is 53.4 Å². The fourth-order valence-corrected chi connectivity index (χ4v) is 5.24. The van der Waals surface area contributed by atoms with Crippen LogP contribution < -0.4 is 5.32 Å². The zero-order chi connectivity index (χ0) is 20.3. The maximum Gasteiger partial charge on any atom is 0.243 e. The molecule has 2 aromatic rings. The first-order valence-corrected chi connectivity index (χ1v) is 11.3. The van der Waals surface area contributed by atoms with Crippen LogP contribution in [0.5, 0.6) is 0 Å². The summed E-state index contributed by atoms with van der Waals surface area (Å²) in [5.41, 5.74) is 0.861. The van der Waals surface area contributed by atoms with Crippen LogP contribution >= 0.6 is 23.2 Å². The number of benzene rings is 2. The van der Waals surface area contributed by atoms with Gasteiger partial charge in [0, 0.05) is 29.1 Å². The van der Waals surface area contributed by atoms with Crippen LogP contribution in [0.25, 0.3) is 0 Å². The van der Waals surface area contributed by atoms with E-state index in [1.807, 2.05) is 25.1 Å². The molecule has 1 amide bonds. The van der Waals surface area contributed by atoms with Gasteiger partial charge >= 0.3 is 0 Å². The van der Waals surface area contributed by atoms with Crippen LogP contribution in [0.1, 0.15) is 31.4 Å². The molecule has 1 aliphatic rings. The number of piperidine rings is 1. The second-order valence-electron chi connectivity index (χ2n) is 6.88. The Balaban J connectivity index is 1.59. The number of carbonyl (C=O) groups is 1. The lowest BCUT2D eigenvalue weighted by molar-refractivity contribution is -0.126. The molecule has 150 valence electrons. The number of hydrogen-bond donors (Lipinski definition) is 1. The average molecular weight is 441 g/mol. The largest absolute Gasteiger partial charge is 0.349 e. The fourth-order valence-electron chi connectivity index (χ4n) is 3.35. The zero-order valence-corrected chi connectivity index (χ0v) is 17.8. The van der Waals surface area contributed by atoms with Gasteiger partial charge in [0.1, 0.15) is 0 Å². The van der Waals surface area contributed by atoms with Gasteiger partial charge in [-0.25, -0.2) is 8.42 Å². The van der Waals surface area contributed by atoms with Gasteiger partial charge in [-0.2, -0.15) is 4.31 Å². The molecule has 0 bridgehead atoms. The predicted molar refractivity (Wildman–Crippen MR) is 111 cm³/mol. The molecule has 1 N–H and O–H groups in total. The predicted octanol–water partition coefficient (Wildman–Crippen LogP) is 4.27. The highest BCUT2D eigenvalue weighted by Crippen LogP contribution is 2.27. The van der Waals surface area contributed by atoms with Gasteiger partial charge in [0.2, 0.25) is 15.9 Å². The Morgan fingerprint density at radius 1 is 1.07 bits per heavy atom. The van der Waals surface area contributed by atoms with Crippen molar-refractivity contribution in [2.75, 3.05) is 13.1 Å². The van der Waals surface area contributed by atoms with Crippen molar-refractivity contribution in [2.45, 2.75) is 30.7 Å². The molecule has 1 unspecified atom stereocenters. The van der Waals surface area contributed by atoms with Gasteiger partial charge in [0.15, 0.2) is 0 Å². The van der Waals surface area contributed by atoms with Crippen LogP contribution in [-0.2, 0) is 14.8 Å². The summed E-state index contributed by atoms with van der Waals surface area (Å²) < 4.78 is 26.9.